The van der Waals surface area contributed by atoms with Crippen molar-refractivity contribution in [3.8, 4) is 5.75 Å². The molecule has 0 bridgehead atoms. The molecule has 5 rings (SSSR count). The number of carbonyl (C=O) groups is 2. The third-order valence-electron chi connectivity index (χ3n) is 6.79. The van der Waals surface area contributed by atoms with Gasteiger partial charge in [0.05, 0.1) is 25.3 Å². The van der Waals surface area contributed by atoms with Crippen LogP contribution in [0, 0.1) is 11.6 Å². The third kappa shape index (κ3) is 3.52. The Balaban J connectivity index is 1.54. The number of halogens is 3. The lowest BCUT2D eigenvalue weighted by Crippen LogP contribution is -2.62. The van der Waals surface area contributed by atoms with Crippen molar-refractivity contribution in [2.24, 2.45) is 0 Å². The second-order valence-corrected chi connectivity index (χ2v) is 9.26. The Labute approximate surface area is 203 Å². The van der Waals surface area contributed by atoms with Gasteiger partial charge in [-0.05, 0) is 25.8 Å². The minimum Gasteiger partial charge on any atom is -0.503 e. The van der Waals surface area contributed by atoms with Crippen LogP contribution in [0.2, 0.25) is 5.02 Å². The molecule has 9 nitrogen and oxygen atoms in total. The summed E-state index contributed by atoms with van der Waals surface area (Å²) < 4.78 is 40.9. The number of nitrogens with zero attached hydrogens (tertiary/aromatic N) is 2. The number of benzene rings is 1. The number of aromatic nitrogens is 1. The molecule has 186 valence electrons. The third-order valence-corrected chi connectivity index (χ3v) is 7.13. The zero-order valence-corrected chi connectivity index (χ0v) is 19.4. The van der Waals surface area contributed by atoms with E-state index >= 15 is 0 Å². The molecule has 0 radical (unpaired) electrons. The molecule has 2 amide bonds. The van der Waals surface area contributed by atoms with E-state index in [-0.39, 0.29) is 37.1 Å². The van der Waals surface area contributed by atoms with E-state index in [0.717, 1.165) is 12.1 Å². The molecule has 12 heteroatoms. The highest BCUT2D eigenvalue weighted by Gasteiger charge is 2.59. The maximum absolute atomic E-state index is 14.2. The fourth-order valence-electron chi connectivity index (χ4n) is 5.12. The predicted molar refractivity (Wildman–Crippen MR) is 118 cm³/mol. The lowest BCUT2D eigenvalue weighted by Gasteiger charge is -2.47. The average Bonchev–Trinajstić information content (AvgIpc) is 3.02. The van der Waals surface area contributed by atoms with Crippen molar-refractivity contribution in [2.75, 3.05) is 19.8 Å². The monoisotopic (exact) mass is 509 g/mol. The van der Waals surface area contributed by atoms with E-state index in [1.807, 2.05) is 6.92 Å². The minimum absolute atomic E-state index is 0.0916. The Kier molecular flexibility index (Phi) is 5.81. The van der Waals surface area contributed by atoms with Crippen LogP contribution >= 0.6 is 11.6 Å². The summed E-state index contributed by atoms with van der Waals surface area (Å²) in [7, 11) is 0. The van der Waals surface area contributed by atoms with E-state index in [4.69, 9.17) is 21.1 Å². The number of amides is 2. The molecule has 1 aromatic heterocycles. The quantitative estimate of drug-likeness (QED) is 0.615. The van der Waals surface area contributed by atoms with Crippen LogP contribution in [0.4, 0.5) is 8.78 Å². The van der Waals surface area contributed by atoms with Crippen LogP contribution in [0.3, 0.4) is 0 Å². The minimum atomic E-state index is -1.14. The van der Waals surface area contributed by atoms with E-state index in [2.05, 4.69) is 5.32 Å². The Morgan fingerprint density at radius 2 is 2.11 bits per heavy atom. The number of hydrogen-bond acceptors (Lipinski definition) is 6. The second-order valence-electron chi connectivity index (χ2n) is 8.88. The summed E-state index contributed by atoms with van der Waals surface area (Å²) in [6, 6.07) is 1.25. The number of fused-ring (bicyclic) bond motifs is 2. The van der Waals surface area contributed by atoms with Gasteiger partial charge in [-0.2, -0.15) is 0 Å². The van der Waals surface area contributed by atoms with Crippen LogP contribution in [0.1, 0.15) is 52.2 Å². The van der Waals surface area contributed by atoms with Gasteiger partial charge in [0.2, 0.25) is 5.43 Å². The van der Waals surface area contributed by atoms with Gasteiger partial charge in [-0.1, -0.05) is 17.7 Å². The van der Waals surface area contributed by atoms with Gasteiger partial charge in [-0.15, -0.1) is 0 Å². The number of pyridine rings is 1. The first kappa shape index (κ1) is 23.7. The van der Waals surface area contributed by atoms with E-state index < -0.39 is 57.0 Å². The standard InChI is InChI=1S/C23H22ClF2N3O6/c1-11-9-35-23-10-34-6-2-3-15(23)28-8-13(19(30)20(31)18(28)22(33)29(11)23)21(32)27-7-12-4-5-14(25)16(24)17(12)26/h4-5,8,11,15,31H,2-3,6-7,9-10H2,1H3,(H,27,32)/t11-,15?,23+/m1/s1. The zero-order valence-electron chi connectivity index (χ0n) is 18.6. The van der Waals surface area contributed by atoms with Gasteiger partial charge >= 0.3 is 0 Å². The van der Waals surface area contributed by atoms with E-state index in [1.165, 1.54) is 15.7 Å². The van der Waals surface area contributed by atoms with Crippen molar-refractivity contribution in [1.82, 2.24) is 14.8 Å². The smallest absolute Gasteiger partial charge is 0.277 e. The summed E-state index contributed by atoms with van der Waals surface area (Å²) in [6.45, 7) is 2.22. The summed E-state index contributed by atoms with van der Waals surface area (Å²) in [5, 5.41) is 12.4. The lowest BCUT2D eigenvalue weighted by atomic mass is 9.93. The summed E-state index contributed by atoms with van der Waals surface area (Å²) in [5.74, 6) is -4.33. The average molecular weight is 510 g/mol. The van der Waals surface area contributed by atoms with Crippen LogP contribution in [-0.4, -0.2) is 58.0 Å². The largest absolute Gasteiger partial charge is 0.503 e. The first-order valence-electron chi connectivity index (χ1n) is 11.1. The molecule has 2 saturated heterocycles. The van der Waals surface area contributed by atoms with Gasteiger partial charge in [0.1, 0.15) is 22.2 Å². The van der Waals surface area contributed by atoms with Gasteiger partial charge in [0, 0.05) is 24.9 Å². The predicted octanol–water partition coefficient (Wildman–Crippen LogP) is 2.34. The molecule has 1 spiro atoms. The highest BCUT2D eigenvalue weighted by molar-refractivity contribution is 6.30. The van der Waals surface area contributed by atoms with Crippen LogP contribution in [-0.2, 0) is 16.0 Å². The van der Waals surface area contributed by atoms with Crippen molar-refractivity contribution >= 4 is 23.4 Å². The van der Waals surface area contributed by atoms with Crippen molar-refractivity contribution in [3.63, 3.8) is 0 Å². The number of nitrogens with one attached hydrogen (secondary N) is 1. The molecule has 2 aromatic rings. The highest BCUT2D eigenvalue weighted by atomic mass is 35.5. The van der Waals surface area contributed by atoms with Gasteiger partial charge < -0.3 is 24.5 Å². The van der Waals surface area contributed by atoms with Gasteiger partial charge in [-0.3, -0.25) is 19.3 Å². The Morgan fingerprint density at radius 3 is 2.89 bits per heavy atom. The number of hydrogen-bond donors (Lipinski definition) is 2. The number of ether oxygens (including phenoxy) is 2. The summed E-state index contributed by atoms with van der Waals surface area (Å²) >= 11 is 5.58. The second kappa shape index (κ2) is 8.58. The van der Waals surface area contributed by atoms with Crippen molar-refractivity contribution in [2.45, 2.75) is 44.1 Å². The lowest BCUT2D eigenvalue weighted by molar-refractivity contribution is -0.146. The fourth-order valence-corrected chi connectivity index (χ4v) is 5.31. The molecule has 2 N–H and O–H groups in total. The Morgan fingerprint density at radius 1 is 1.34 bits per heavy atom. The molecule has 1 aromatic carbocycles. The molecule has 3 atom stereocenters. The maximum atomic E-state index is 14.2. The molecule has 2 fully saturated rings. The zero-order chi connectivity index (χ0) is 25.1. The number of carbonyl (C=O) groups excluding carboxylic acids is 2. The van der Waals surface area contributed by atoms with Crippen LogP contribution in [0.5, 0.6) is 5.75 Å². The Hall–Kier alpha value is -3.02. The fraction of sp³-hybridized carbons (Fsp3) is 0.435. The van der Waals surface area contributed by atoms with E-state index in [9.17, 15) is 28.3 Å². The summed E-state index contributed by atoms with van der Waals surface area (Å²) in [6.07, 6.45) is 2.36. The number of aromatic hydroxyl groups is 1. The molecule has 4 heterocycles. The molecular weight excluding hydrogens is 488 g/mol. The molecule has 3 aliphatic heterocycles. The molecule has 3 aliphatic rings. The highest BCUT2D eigenvalue weighted by Crippen LogP contribution is 2.47. The van der Waals surface area contributed by atoms with Gasteiger partial charge in [0.15, 0.2) is 17.2 Å². The molecule has 0 aliphatic carbocycles. The number of rotatable bonds is 3. The normalized spacial score (nSPS) is 25.5. The van der Waals surface area contributed by atoms with Crippen LogP contribution in [0.15, 0.2) is 23.1 Å². The molecular formula is C23H22ClF2N3O6. The SMILES string of the molecule is C[C@@H]1CO[C@@]23COCCCC2n2cc(C(=O)NCc4ccc(F)c(Cl)c4F)c(=O)c(O)c2C(=O)N13. The van der Waals surface area contributed by atoms with Gasteiger partial charge in [0.25, 0.3) is 11.8 Å². The van der Waals surface area contributed by atoms with E-state index in [1.54, 1.807) is 0 Å². The van der Waals surface area contributed by atoms with Crippen molar-refractivity contribution in [3.05, 3.63) is 62.0 Å². The summed E-state index contributed by atoms with van der Waals surface area (Å²) in [5.41, 5.74) is -2.92. The summed E-state index contributed by atoms with van der Waals surface area (Å²) in [4.78, 5) is 40.8. The molecule has 0 saturated carbocycles. The molecule has 1 unspecified atom stereocenters. The Bertz CT molecular complexity index is 1300. The van der Waals surface area contributed by atoms with Crippen LogP contribution < -0.4 is 10.7 Å². The topological polar surface area (TPSA) is 110 Å². The van der Waals surface area contributed by atoms with Crippen molar-refractivity contribution < 1.29 is 33.0 Å². The van der Waals surface area contributed by atoms with Crippen molar-refractivity contribution in [1.29, 1.82) is 0 Å². The first-order valence-corrected chi connectivity index (χ1v) is 11.5. The molecule has 35 heavy (non-hydrogen) atoms. The van der Waals surface area contributed by atoms with E-state index in [0.29, 0.717) is 19.4 Å². The maximum Gasteiger partial charge on any atom is 0.277 e. The van der Waals surface area contributed by atoms with Gasteiger partial charge in [-0.25, -0.2) is 8.78 Å². The first-order chi connectivity index (χ1) is 16.7. The van der Waals surface area contributed by atoms with Crippen LogP contribution in [0.25, 0.3) is 0 Å².